The van der Waals surface area contributed by atoms with Crippen LogP contribution in [0.5, 0.6) is 0 Å². The Labute approximate surface area is 103 Å². The fourth-order valence-corrected chi connectivity index (χ4v) is 2.07. The molecular formula is C11H23N3OS. The molecule has 0 saturated carbocycles. The molecule has 0 bridgehead atoms. The predicted molar refractivity (Wildman–Crippen MR) is 70.6 cm³/mol. The number of nitrogens with two attached hydrogens (primary N) is 1. The summed E-state index contributed by atoms with van der Waals surface area (Å²) < 4.78 is 0. The summed E-state index contributed by atoms with van der Waals surface area (Å²) in [6, 6.07) is 0.203. The van der Waals surface area contributed by atoms with Crippen LogP contribution in [0.3, 0.4) is 0 Å². The number of aliphatic hydroxyl groups is 1. The van der Waals surface area contributed by atoms with Crippen LogP contribution in [-0.4, -0.2) is 64.8 Å². The Balaban J connectivity index is 2.25. The molecule has 2 atom stereocenters. The van der Waals surface area contributed by atoms with E-state index in [1.54, 1.807) is 0 Å². The SMILES string of the molecule is CC(O)CCN1CCN(C(C)C(N)=S)CC1. The Morgan fingerprint density at radius 1 is 1.31 bits per heavy atom. The Kier molecular flexibility index (Phi) is 5.61. The minimum Gasteiger partial charge on any atom is -0.393 e. The molecule has 4 nitrogen and oxygen atoms in total. The van der Waals surface area contributed by atoms with E-state index >= 15 is 0 Å². The molecule has 94 valence electrons. The van der Waals surface area contributed by atoms with Gasteiger partial charge in [-0.15, -0.1) is 0 Å². The summed E-state index contributed by atoms with van der Waals surface area (Å²) >= 11 is 5.00. The van der Waals surface area contributed by atoms with Crippen molar-refractivity contribution in [3.63, 3.8) is 0 Å². The quantitative estimate of drug-likeness (QED) is 0.670. The molecule has 0 amide bonds. The Morgan fingerprint density at radius 2 is 1.88 bits per heavy atom. The van der Waals surface area contributed by atoms with Crippen LogP contribution in [0, 0.1) is 0 Å². The van der Waals surface area contributed by atoms with Gasteiger partial charge in [-0.3, -0.25) is 4.90 Å². The number of hydrogen-bond acceptors (Lipinski definition) is 4. The van der Waals surface area contributed by atoms with Crippen LogP contribution in [0.15, 0.2) is 0 Å². The first-order valence-electron chi connectivity index (χ1n) is 5.94. The summed E-state index contributed by atoms with van der Waals surface area (Å²) in [7, 11) is 0. The summed E-state index contributed by atoms with van der Waals surface area (Å²) in [5, 5.41) is 9.23. The molecule has 16 heavy (non-hydrogen) atoms. The van der Waals surface area contributed by atoms with Gasteiger partial charge < -0.3 is 15.7 Å². The van der Waals surface area contributed by atoms with E-state index < -0.39 is 0 Å². The molecule has 2 unspecified atom stereocenters. The van der Waals surface area contributed by atoms with Crippen molar-refractivity contribution >= 4 is 17.2 Å². The van der Waals surface area contributed by atoms with E-state index in [2.05, 4.69) is 16.7 Å². The highest BCUT2D eigenvalue weighted by Crippen LogP contribution is 2.07. The highest BCUT2D eigenvalue weighted by Gasteiger charge is 2.22. The molecule has 1 fully saturated rings. The third kappa shape index (κ3) is 4.33. The van der Waals surface area contributed by atoms with Crippen molar-refractivity contribution < 1.29 is 5.11 Å². The first-order valence-corrected chi connectivity index (χ1v) is 6.35. The molecule has 1 saturated heterocycles. The molecular weight excluding hydrogens is 222 g/mol. The molecule has 0 aromatic carbocycles. The van der Waals surface area contributed by atoms with Gasteiger partial charge in [0.1, 0.15) is 0 Å². The average molecular weight is 245 g/mol. The smallest absolute Gasteiger partial charge is 0.0899 e. The highest BCUT2D eigenvalue weighted by molar-refractivity contribution is 7.80. The molecule has 5 heteroatoms. The maximum absolute atomic E-state index is 9.23. The number of aliphatic hydroxyl groups excluding tert-OH is 1. The molecule has 1 rings (SSSR count). The lowest BCUT2D eigenvalue weighted by atomic mass is 10.2. The van der Waals surface area contributed by atoms with Gasteiger partial charge in [-0.1, -0.05) is 12.2 Å². The van der Waals surface area contributed by atoms with E-state index in [0.29, 0.717) is 4.99 Å². The molecule has 0 radical (unpaired) electrons. The number of nitrogens with zero attached hydrogens (tertiary/aromatic N) is 2. The van der Waals surface area contributed by atoms with Gasteiger partial charge in [0.2, 0.25) is 0 Å². The van der Waals surface area contributed by atoms with Crippen LogP contribution in [0.1, 0.15) is 20.3 Å². The lowest BCUT2D eigenvalue weighted by molar-refractivity contribution is 0.102. The number of thiocarbonyl (C=S) groups is 1. The van der Waals surface area contributed by atoms with Gasteiger partial charge in [-0.2, -0.15) is 0 Å². The topological polar surface area (TPSA) is 52.7 Å². The fourth-order valence-electron chi connectivity index (χ4n) is 1.92. The number of hydrogen-bond donors (Lipinski definition) is 2. The minimum absolute atomic E-state index is 0.200. The third-order valence-electron chi connectivity index (χ3n) is 3.23. The van der Waals surface area contributed by atoms with Gasteiger partial charge in [0.15, 0.2) is 0 Å². The zero-order valence-electron chi connectivity index (χ0n) is 10.2. The highest BCUT2D eigenvalue weighted by atomic mass is 32.1. The van der Waals surface area contributed by atoms with Gasteiger partial charge >= 0.3 is 0 Å². The summed E-state index contributed by atoms with van der Waals surface area (Å²) in [6.07, 6.45) is 0.652. The molecule has 1 aliphatic heterocycles. The fraction of sp³-hybridized carbons (Fsp3) is 0.909. The van der Waals surface area contributed by atoms with Crippen LogP contribution < -0.4 is 5.73 Å². The molecule has 0 aromatic rings. The Bertz CT molecular complexity index is 227. The molecule has 0 aromatic heterocycles. The molecule has 0 spiro atoms. The number of rotatable bonds is 5. The lowest BCUT2D eigenvalue weighted by Gasteiger charge is -2.37. The second kappa shape index (κ2) is 6.49. The summed E-state index contributed by atoms with van der Waals surface area (Å²) in [4.78, 5) is 5.29. The minimum atomic E-state index is -0.200. The molecule has 3 N–H and O–H groups in total. The Hall–Kier alpha value is -0.230. The maximum atomic E-state index is 9.23. The largest absolute Gasteiger partial charge is 0.393 e. The van der Waals surface area contributed by atoms with Crippen LogP contribution in [0.2, 0.25) is 0 Å². The second-order valence-corrected chi connectivity index (χ2v) is 5.07. The predicted octanol–water partition coefficient (Wildman–Crippen LogP) is 0.0495. The van der Waals surface area contributed by atoms with E-state index in [4.69, 9.17) is 18.0 Å². The van der Waals surface area contributed by atoms with Crippen molar-refractivity contribution in [1.29, 1.82) is 0 Å². The first-order chi connectivity index (χ1) is 7.50. The molecule has 1 aliphatic rings. The lowest BCUT2D eigenvalue weighted by Crippen LogP contribution is -2.52. The zero-order chi connectivity index (χ0) is 12.1. The van der Waals surface area contributed by atoms with Crippen molar-refractivity contribution in [2.75, 3.05) is 32.7 Å². The van der Waals surface area contributed by atoms with Crippen LogP contribution in [0.25, 0.3) is 0 Å². The molecule has 0 aliphatic carbocycles. The number of piperazine rings is 1. The monoisotopic (exact) mass is 245 g/mol. The standard InChI is InChI=1S/C11H23N3OS/c1-9(15)3-4-13-5-7-14(8-6-13)10(2)11(12)16/h9-10,15H,3-8H2,1-2H3,(H2,12,16). The van der Waals surface area contributed by atoms with E-state index in [9.17, 15) is 5.11 Å². The van der Waals surface area contributed by atoms with Gasteiger partial charge in [0, 0.05) is 32.7 Å². The third-order valence-corrected chi connectivity index (χ3v) is 3.57. The second-order valence-electron chi connectivity index (χ2n) is 4.59. The summed E-state index contributed by atoms with van der Waals surface area (Å²) in [5.41, 5.74) is 5.64. The van der Waals surface area contributed by atoms with Crippen molar-refractivity contribution in [1.82, 2.24) is 9.80 Å². The van der Waals surface area contributed by atoms with Crippen molar-refractivity contribution in [3.8, 4) is 0 Å². The van der Waals surface area contributed by atoms with E-state index in [1.165, 1.54) is 0 Å². The van der Waals surface area contributed by atoms with Gasteiger partial charge in [-0.25, -0.2) is 0 Å². The van der Waals surface area contributed by atoms with Gasteiger partial charge in [0.05, 0.1) is 17.1 Å². The normalized spacial score (nSPS) is 22.9. The van der Waals surface area contributed by atoms with E-state index in [1.807, 2.05) is 6.92 Å². The summed E-state index contributed by atoms with van der Waals surface area (Å²) in [6.45, 7) is 8.99. The summed E-state index contributed by atoms with van der Waals surface area (Å²) in [5.74, 6) is 0. The van der Waals surface area contributed by atoms with E-state index in [0.717, 1.165) is 39.1 Å². The van der Waals surface area contributed by atoms with Crippen molar-refractivity contribution in [2.45, 2.75) is 32.4 Å². The zero-order valence-corrected chi connectivity index (χ0v) is 11.0. The Morgan fingerprint density at radius 3 is 2.31 bits per heavy atom. The van der Waals surface area contributed by atoms with Crippen molar-refractivity contribution in [2.24, 2.45) is 5.73 Å². The van der Waals surface area contributed by atoms with Crippen LogP contribution in [-0.2, 0) is 0 Å². The van der Waals surface area contributed by atoms with E-state index in [-0.39, 0.29) is 12.1 Å². The first kappa shape index (κ1) is 13.8. The van der Waals surface area contributed by atoms with Crippen LogP contribution in [0.4, 0.5) is 0 Å². The molecule has 1 heterocycles. The van der Waals surface area contributed by atoms with Crippen molar-refractivity contribution in [3.05, 3.63) is 0 Å². The average Bonchev–Trinajstić information content (AvgIpc) is 2.26. The van der Waals surface area contributed by atoms with Gasteiger partial charge in [0.25, 0.3) is 0 Å². The van der Waals surface area contributed by atoms with Crippen LogP contribution >= 0.6 is 12.2 Å². The van der Waals surface area contributed by atoms with Gasteiger partial charge in [-0.05, 0) is 20.3 Å². The maximum Gasteiger partial charge on any atom is 0.0899 e.